The van der Waals surface area contributed by atoms with E-state index in [1.165, 1.54) is 18.4 Å². The van der Waals surface area contributed by atoms with Crippen LogP contribution in [0.3, 0.4) is 0 Å². The highest BCUT2D eigenvalue weighted by Gasteiger charge is 2.46. The molecule has 3 atom stereocenters. The summed E-state index contributed by atoms with van der Waals surface area (Å²) in [5.74, 6) is 3.29. The fourth-order valence-electron chi connectivity index (χ4n) is 6.42. The zero-order valence-electron chi connectivity index (χ0n) is 19.9. The van der Waals surface area contributed by atoms with E-state index in [1.807, 2.05) is 26.0 Å². The van der Waals surface area contributed by atoms with E-state index in [2.05, 4.69) is 22.3 Å². The third kappa shape index (κ3) is 3.75. The van der Waals surface area contributed by atoms with Crippen molar-refractivity contribution in [1.82, 2.24) is 9.97 Å². The molecule has 1 aromatic heterocycles. The molecule has 1 aromatic carbocycles. The van der Waals surface area contributed by atoms with Crippen molar-refractivity contribution < 1.29 is 9.32 Å². The normalized spacial score (nSPS) is 30.6. The van der Waals surface area contributed by atoms with Crippen LogP contribution in [0.25, 0.3) is 0 Å². The van der Waals surface area contributed by atoms with E-state index in [-0.39, 0.29) is 16.9 Å². The molecule has 2 saturated carbocycles. The first-order chi connectivity index (χ1) is 16.3. The van der Waals surface area contributed by atoms with Gasteiger partial charge in [-0.25, -0.2) is 4.98 Å². The summed E-state index contributed by atoms with van der Waals surface area (Å²) >= 11 is 6.08. The number of aromatic nitrogens is 2. The summed E-state index contributed by atoms with van der Waals surface area (Å²) in [7, 11) is -1.17. The molecule has 0 radical (unpaired) electrons. The molecular weight excluding hydrogens is 468 g/mol. The Labute approximate surface area is 209 Å². The number of hydrogen-bond donors (Lipinski definition) is 2. The topological polar surface area (TPSA) is 78.3 Å². The molecule has 2 N–H and O–H groups in total. The Hall–Kier alpha value is -1.70. The van der Waals surface area contributed by atoms with Crippen molar-refractivity contribution in [3.63, 3.8) is 0 Å². The van der Waals surface area contributed by atoms with E-state index < -0.39 is 10.8 Å². The van der Waals surface area contributed by atoms with Gasteiger partial charge in [0, 0.05) is 24.5 Å². The molecule has 8 heteroatoms. The van der Waals surface area contributed by atoms with Crippen LogP contribution in [0.15, 0.2) is 29.2 Å². The molecule has 3 fully saturated rings. The maximum absolute atomic E-state index is 13.3. The Kier molecular flexibility index (Phi) is 5.47. The van der Waals surface area contributed by atoms with Crippen LogP contribution in [0.4, 0.5) is 11.8 Å². The van der Waals surface area contributed by atoms with E-state index in [0.29, 0.717) is 30.0 Å². The number of aliphatic hydroxyl groups excluding tert-OH is 1. The van der Waals surface area contributed by atoms with Crippen LogP contribution in [0.2, 0.25) is 5.02 Å². The van der Waals surface area contributed by atoms with Crippen LogP contribution in [-0.4, -0.2) is 49.3 Å². The van der Waals surface area contributed by atoms with Gasteiger partial charge >= 0.3 is 0 Å². The highest BCUT2D eigenvalue weighted by Crippen LogP contribution is 2.48. The average Bonchev–Trinajstić information content (AvgIpc) is 3.41. The van der Waals surface area contributed by atoms with Crippen LogP contribution in [0.5, 0.6) is 0 Å². The smallest absolute Gasteiger partial charge is 0.227 e. The second-order valence-corrected chi connectivity index (χ2v) is 13.9. The van der Waals surface area contributed by atoms with Crippen LogP contribution in [-0.2, 0) is 17.2 Å². The van der Waals surface area contributed by atoms with Gasteiger partial charge in [-0.15, -0.1) is 0 Å². The number of rotatable bonds is 5. The Morgan fingerprint density at radius 3 is 2.41 bits per heavy atom. The summed E-state index contributed by atoms with van der Waals surface area (Å²) < 4.78 is 13.0. The predicted octanol–water partition coefficient (Wildman–Crippen LogP) is 4.53. The summed E-state index contributed by atoms with van der Waals surface area (Å²) in [5, 5.41) is 14.4. The lowest BCUT2D eigenvalue weighted by atomic mass is 9.77. The summed E-state index contributed by atoms with van der Waals surface area (Å²) in [6.07, 6.45) is 5.96. The highest BCUT2D eigenvalue weighted by molar-refractivity contribution is 7.87. The molecule has 1 saturated heterocycles. The quantitative estimate of drug-likeness (QED) is 0.628. The van der Waals surface area contributed by atoms with Gasteiger partial charge in [0.25, 0.3) is 0 Å². The minimum Gasteiger partial charge on any atom is -0.394 e. The Morgan fingerprint density at radius 2 is 1.82 bits per heavy atom. The van der Waals surface area contributed by atoms with Crippen LogP contribution in [0.1, 0.15) is 63.1 Å². The number of aliphatic hydroxyl groups is 1. The van der Waals surface area contributed by atoms with E-state index in [1.54, 1.807) is 0 Å². The van der Waals surface area contributed by atoms with Gasteiger partial charge in [-0.05, 0) is 81.4 Å². The Bertz CT molecular complexity index is 1110. The van der Waals surface area contributed by atoms with E-state index in [4.69, 9.17) is 21.6 Å². The molecule has 3 unspecified atom stereocenters. The molecule has 0 amide bonds. The number of hydrogen-bond acceptors (Lipinski definition) is 6. The predicted molar refractivity (Wildman–Crippen MR) is 136 cm³/mol. The Morgan fingerprint density at radius 1 is 1.15 bits per heavy atom. The molecule has 2 aliphatic carbocycles. The van der Waals surface area contributed by atoms with Gasteiger partial charge < -0.3 is 15.3 Å². The number of halogens is 1. The molecule has 4 aliphatic rings. The molecule has 6 nitrogen and oxygen atoms in total. The SMILES string of the molecule is CC1(C)Cc2nc(N3CC4CC(c5ccc(Cl)cc5)CC4C3)nc(NC3(CO)CCC3)c2S1=O. The fourth-order valence-corrected chi connectivity index (χ4v) is 7.97. The fraction of sp³-hybridized carbons (Fsp3) is 0.615. The number of nitrogens with one attached hydrogen (secondary N) is 1. The van der Waals surface area contributed by atoms with Crippen molar-refractivity contribution in [2.45, 2.75) is 73.5 Å². The first-order valence-corrected chi connectivity index (χ1v) is 14.0. The summed E-state index contributed by atoms with van der Waals surface area (Å²) in [5.41, 5.74) is 1.95. The molecule has 182 valence electrons. The minimum atomic E-state index is -1.17. The highest BCUT2D eigenvalue weighted by atomic mass is 35.5. The van der Waals surface area contributed by atoms with Gasteiger partial charge in [-0.2, -0.15) is 4.98 Å². The third-order valence-corrected chi connectivity index (χ3v) is 10.8. The van der Waals surface area contributed by atoms with E-state index in [9.17, 15) is 9.32 Å². The summed E-state index contributed by atoms with van der Waals surface area (Å²) in [6, 6.07) is 8.34. The van der Waals surface area contributed by atoms with Crippen molar-refractivity contribution in [3.8, 4) is 0 Å². The van der Waals surface area contributed by atoms with E-state index >= 15 is 0 Å². The first kappa shape index (κ1) is 22.7. The number of benzene rings is 1. The second-order valence-electron chi connectivity index (χ2n) is 11.4. The largest absolute Gasteiger partial charge is 0.394 e. The second kappa shape index (κ2) is 8.17. The van der Waals surface area contributed by atoms with Gasteiger partial charge in [0.1, 0.15) is 10.7 Å². The molecule has 0 bridgehead atoms. The standard InChI is InChI=1S/C26H33ClN4O2S/c1-25(2)12-21-22(34(25)33)23(30-26(15-32)8-3-9-26)29-24(28-21)31-13-18-10-17(11-19(18)14-31)16-4-6-20(27)7-5-16/h4-7,17-19,32H,3,8-15H2,1-2H3,(H,28,29,30). The first-order valence-electron chi connectivity index (χ1n) is 12.5. The summed E-state index contributed by atoms with van der Waals surface area (Å²) in [4.78, 5) is 13.0. The maximum Gasteiger partial charge on any atom is 0.227 e. The molecule has 6 rings (SSSR count). The zero-order chi connectivity index (χ0) is 23.7. The van der Waals surface area contributed by atoms with Crippen LogP contribution < -0.4 is 10.2 Å². The molecule has 34 heavy (non-hydrogen) atoms. The molecule has 3 heterocycles. The van der Waals surface area contributed by atoms with Crippen molar-refractivity contribution in [1.29, 1.82) is 0 Å². The lowest BCUT2D eigenvalue weighted by molar-refractivity contribution is 0.143. The number of nitrogens with zero attached hydrogens (tertiary/aromatic N) is 3. The van der Waals surface area contributed by atoms with Crippen LogP contribution in [0, 0.1) is 11.8 Å². The minimum absolute atomic E-state index is 0.0666. The summed E-state index contributed by atoms with van der Waals surface area (Å²) in [6.45, 7) is 6.07. The van der Waals surface area contributed by atoms with Crippen molar-refractivity contribution in [3.05, 3.63) is 40.5 Å². The molecule has 2 aliphatic heterocycles. The molecule has 0 spiro atoms. The monoisotopic (exact) mass is 500 g/mol. The number of fused-ring (bicyclic) bond motifs is 2. The zero-order valence-corrected chi connectivity index (χ0v) is 21.5. The van der Waals surface area contributed by atoms with Gasteiger partial charge in [0.05, 0.1) is 33.4 Å². The van der Waals surface area contributed by atoms with Gasteiger partial charge in [0.2, 0.25) is 5.95 Å². The van der Waals surface area contributed by atoms with Crippen molar-refractivity contribution >= 4 is 34.2 Å². The Balaban J connectivity index is 1.25. The average molecular weight is 501 g/mol. The van der Waals surface area contributed by atoms with Gasteiger partial charge in [0.15, 0.2) is 0 Å². The van der Waals surface area contributed by atoms with Crippen molar-refractivity contribution in [2.24, 2.45) is 11.8 Å². The third-order valence-electron chi connectivity index (χ3n) is 8.58. The van der Waals surface area contributed by atoms with Crippen molar-refractivity contribution in [2.75, 3.05) is 29.9 Å². The van der Waals surface area contributed by atoms with Crippen LogP contribution >= 0.6 is 11.6 Å². The lowest BCUT2D eigenvalue weighted by Gasteiger charge is -2.41. The molecule has 2 aromatic rings. The number of anilines is 2. The van der Waals surface area contributed by atoms with E-state index in [0.717, 1.165) is 53.9 Å². The maximum atomic E-state index is 13.3. The van der Waals surface area contributed by atoms with Gasteiger partial charge in [-0.3, -0.25) is 4.21 Å². The van der Waals surface area contributed by atoms with Gasteiger partial charge in [-0.1, -0.05) is 23.7 Å². The molecular formula is C26H33ClN4O2S. The lowest BCUT2D eigenvalue weighted by Crippen LogP contribution is -2.48.